The Hall–Kier alpha value is -1.39. The fourth-order valence-electron chi connectivity index (χ4n) is 1.65. The zero-order valence-corrected chi connectivity index (χ0v) is 9.19. The maximum Gasteiger partial charge on any atom is 0.339 e. The van der Waals surface area contributed by atoms with E-state index in [0.29, 0.717) is 12.3 Å². The summed E-state index contributed by atoms with van der Waals surface area (Å²) >= 11 is 0. The number of carbonyl (C=O) groups is 1. The largest absolute Gasteiger partial charge is 0.446 e. The van der Waals surface area contributed by atoms with E-state index in [0.717, 1.165) is 26.2 Å². The monoisotopic (exact) mass is 220 g/mol. The first-order valence-corrected chi connectivity index (χ1v) is 5.51. The summed E-state index contributed by atoms with van der Waals surface area (Å²) in [5.41, 5.74) is 0.609. The SMILES string of the molecule is O=C(OCN1CCNCC1)c1ccccc1. The third-order valence-corrected chi connectivity index (χ3v) is 2.60. The van der Waals surface area contributed by atoms with Crippen LogP contribution in [-0.2, 0) is 4.74 Å². The van der Waals surface area contributed by atoms with Gasteiger partial charge in [-0.15, -0.1) is 0 Å². The number of hydrogen-bond acceptors (Lipinski definition) is 4. The Morgan fingerprint density at radius 2 is 1.94 bits per heavy atom. The lowest BCUT2D eigenvalue weighted by Gasteiger charge is -2.26. The van der Waals surface area contributed by atoms with Crippen molar-refractivity contribution in [1.29, 1.82) is 0 Å². The molecule has 0 radical (unpaired) electrons. The van der Waals surface area contributed by atoms with E-state index >= 15 is 0 Å². The van der Waals surface area contributed by atoms with Crippen molar-refractivity contribution in [2.24, 2.45) is 0 Å². The minimum atomic E-state index is -0.251. The summed E-state index contributed by atoms with van der Waals surface area (Å²) in [6.45, 7) is 4.17. The maximum atomic E-state index is 11.6. The molecule has 1 fully saturated rings. The Kier molecular flexibility index (Phi) is 3.91. The van der Waals surface area contributed by atoms with Gasteiger partial charge in [-0.2, -0.15) is 0 Å². The van der Waals surface area contributed by atoms with Crippen LogP contribution in [0.3, 0.4) is 0 Å². The highest BCUT2D eigenvalue weighted by Crippen LogP contribution is 2.02. The van der Waals surface area contributed by atoms with Crippen molar-refractivity contribution in [2.45, 2.75) is 0 Å². The number of nitrogens with zero attached hydrogens (tertiary/aromatic N) is 1. The number of rotatable bonds is 3. The molecule has 1 saturated heterocycles. The molecule has 0 saturated carbocycles. The molecule has 0 aromatic heterocycles. The van der Waals surface area contributed by atoms with Crippen LogP contribution in [0.15, 0.2) is 30.3 Å². The molecule has 2 rings (SSSR count). The summed E-state index contributed by atoms with van der Waals surface area (Å²) < 4.78 is 5.23. The van der Waals surface area contributed by atoms with Crippen LogP contribution in [0.2, 0.25) is 0 Å². The van der Waals surface area contributed by atoms with Crippen molar-refractivity contribution in [3.05, 3.63) is 35.9 Å². The van der Waals surface area contributed by atoms with Crippen LogP contribution >= 0.6 is 0 Å². The van der Waals surface area contributed by atoms with Gasteiger partial charge in [-0.25, -0.2) is 4.79 Å². The highest BCUT2D eigenvalue weighted by atomic mass is 16.5. The fraction of sp³-hybridized carbons (Fsp3) is 0.417. The zero-order valence-electron chi connectivity index (χ0n) is 9.19. The topological polar surface area (TPSA) is 41.6 Å². The molecule has 1 aliphatic heterocycles. The van der Waals surface area contributed by atoms with Crippen molar-refractivity contribution in [2.75, 3.05) is 32.9 Å². The molecular formula is C12H16N2O2. The molecule has 4 nitrogen and oxygen atoms in total. The second-order valence-corrected chi connectivity index (χ2v) is 3.79. The lowest BCUT2D eigenvalue weighted by Crippen LogP contribution is -2.44. The molecule has 0 aliphatic carbocycles. The minimum absolute atomic E-state index is 0.251. The van der Waals surface area contributed by atoms with Gasteiger partial charge in [-0.3, -0.25) is 4.90 Å². The minimum Gasteiger partial charge on any atom is -0.446 e. The van der Waals surface area contributed by atoms with E-state index in [1.54, 1.807) is 12.1 Å². The Bertz CT molecular complexity index is 334. The molecule has 0 amide bonds. The molecule has 0 unspecified atom stereocenters. The van der Waals surface area contributed by atoms with Crippen LogP contribution < -0.4 is 5.32 Å². The highest BCUT2D eigenvalue weighted by Gasteiger charge is 2.12. The molecule has 1 N–H and O–H groups in total. The van der Waals surface area contributed by atoms with Gasteiger partial charge in [0.1, 0.15) is 6.73 Å². The van der Waals surface area contributed by atoms with Crippen LogP contribution in [0.1, 0.15) is 10.4 Å². The Labute approximate surface area is 95.2 Å². The maximum absolute atomic E-state index is 11.6. The zero-order chi connectivity index (χ0) is 11.2. The van der Waals surface area contributed by atoms with Gasteiger partial charge in [0.25, 0.3) is 0 Å². The lowest BCUT2D eigenvalue weighted by molar-refractivity contribution is 0.0188. The molecule has 0 bridgehead atoms. The summed E-state index contributed by atoms with van der Waals surface area (Å²) in [5, 5.41) is 3.25. The predicted molar refractivity (Wildman–Crippen MR) is 61.2 cm³/mol. The number of esters is 1. The first-order valence-electron chi connectivity index (χ1n) is 5.51. The third-order valence-electron chi connectivity index (χ3n) is 2.60. The summed E-state index contributed by atoms with van der Waals surface area (Å²) in [4.78, 5) is 13.7. The Balaban J connectivity index is 1.79. The van der Waals surface area contributed by atoms with Crippen molar-refractivity contribution < 1.29 is 9.53 Å². The van der Waals surface area contributed by atoms with Gasteiger partial charge in [-0.05, 0) is 12.1 Å². The fourth-order valence-corrected chi connectivity index (χ4v) is 1.65. The van der Waals surface area contributed by atoms with Gasteiger partial charge in [0.2, 0.25) is 0 Å². The first kappa shape index (κ1) is 11.1. The Morgan fingerprint density at radius 1 is 1.25 bits per heavy atom. The number of benzene rings is 1. The molecule has 1 aromatic rings. The van der Waals surface area contributed by atoms with Gasteiger partial charge in [0, 0.05) is 26.2 Å². The quantitative estimate of drug-likeness (QED) is 0.762. The summed E-state index contributed by atoms with van der Waals surface area (Å²) in [7, 11) is 0. The summed E-state index contributed by atoms with van der Waals surface area (Å²) in [6.07, 6.45) is 0. The van der Waals surface area contributed by atoms with E-state index in [2.05, 4.69) is 10.2 Å². The average molecular weight is 220 g/mol. The van der Waals surface area contributed by atoms with E-state index in [9.17, 15) is 4.79 Å². The molecule has 0 atom stereocenters. The molecule has 1 aromatic carbocycles. The first-order chi connectivity index (χ1) is 7.86. The van der Waals surface area contributed by atoms with Crippen LogP contribution in [0.4, 0.5) is 0 Å². The number of carbonyl (C=O) groups excluding carboxylic acids is 1. The molecule has 0 spiro atoms. The van der Waals surface area contributed by atoms with Crippen molar-refractivity contribution >= 4 is 5.97 Å². The summed E-state index contributed by atoms with van der Waals surface area (Å²) in [6, 6.07) is 9.08. The second kappa shape index (κ2) is 5.63. The van der Waals surface area contributed by atoms with Crippen LogP contribution in [0.25, 0.3) is 0 Å². The van der Waals surface area contributed by atoms with Gasteiger partial charge in [-0.1, -0.05) is 18.2 Å². The second-order valence-electron chi connectivity index (χ2n) is 3.79. The van der Waals surface area contributed by atoms with Gasteiger partial charge >= 0.3 is 5.97 Å². The summed E-state index contributed by atoms with van der Waals surface area (Å²) in [5.74, 6) is -0.251. The molecule has 1 aliphatic rings. The smallest absolute Gasteiger partial charge is 0.339 e. The van der Waals surface area contributed by atoms with E-state index in [1.807, 2.05) is 18.2 Å². The number of piperazine rings is 1. The van der Waals surface area contributed by atoms with Gasteiger partial charge < -0.3 is 10.1 Å². The normalized spacial score (nSPS) is 17.0. The van der Waals surface area contributed by atoms with E-state index in [1.165, 1.54) is 0 Å². The third kappa shape index (κ3) is 3.05. The molecule has 4 heteroatoms. The highest BCUT2D eigenvalue weighted by molar-refractivity contribution is 5.89. The van der Waals surface area contributed by atoms with E-state index < -0.39 is 0 Å². The molecule has 86 valence electrons. The number of hydrogen-bond donors (Lipinski definition) is 1. The van der Waals surface area contributed by atoms with Crippen LogP contribution in [0, 0.1) is 0 Å². The number of nitrogens with one attached hydrogen (secondary N) is 1. The molecule has 16 heavy (non-hydrogen) atoms. The van der Waals surface area contributed by atoms with Gasteiger partial charge in [0.05, 0.1) is 5.56 Å². The Morgan fingerprint density at radius 3 is 2.62 bits per heavy atom. The van der Waals surface area contributed by atoms with Crippen molar-refractivity contribution in [1.82, 2.24) is 10.2 Å². The van der Waals surface area contributed by atoms with Gasteiger partial charge in [0.15, 0.2) is 0 Å². The van der Waals surface area contributed by atoms with Crippen molar-refractivity contribution in [3.63, 3.8) is 0 Å². The molecule has 1 heterocycles. The standard InChI is InChI=1S/C12H16N2O2/c15-12(11-4-2-1-3-5-11)16-10-14-8-6-13-7-9-14/h1-5,13H,6-10H2. The van der Waals surface area contributed by atoms with Crippen LogP contribution in [-0.4, -0.2) is 43.8 Å². The van der Waals surface area contributed by atoms with E-state index in [-0.39, 0.29) is 5.97 Å². The average Bonchev–Trinajstić information content (AvgIpc) is 2.38. The van der Waals surface area contributed by atoms with Crippen LogP contribution in [0.5, 0.6) is 0 Å². The number of ether oxygens (including phenoxy) is 1. The van der Waals surface area contributed by atoms with E-state index in [4.69, 9.17) is 4.74 Å². The van der Waals surface area contributed by atoms with Crippen molar-refractivity contribution in [3.8, 4) is 0 Å². The lowest BCUT2D eigenvalue weighted by atomic mass is 10.2. The molecular weight excluding hydrogens is 204 g/mol. The predicted octanol–water partition coefficient (Wildman–Crippen LogP) is 0.706.